The first-order valence-corrected chi connectivity index (χ1v) is 6.27. The number of aryl methyl sites for hydroxylation is 1. The van der Waals surface area contributed by atoms with Gasteiger partial charge in [0.1, 0.15) is 0 Å². The van der Waals surface area contributed by atoms with Crippen LogP contribution in [0.25, 0.3) is 0 Å². The Labute approximate surface area is 103 Å². The van der Waals surface area contributed by atoms with Crippen LogP contribution in [-0.2, 0) is 0 Å². The molecule has 1 saturated heterocycles. The first kappa shape index (κ1) is 11.9. The maximum atomic E-state index is 6.07. The molecule has 1 aliphatic rings. The fourth-order valence-electron chi connectivity index (χ4n) is 2.33. The Balaban J connectivity index is 2.18. The Morgan fingerprint density at radius 3 is 2.69 bits per heavy atom. The highest BCUT2D eigenvalue weighted by atomic mass is 35.5. The van der Waals surface area contributed by atoms with E-state index in [0.717, 1.165) is 31.2 Å². The Morgan fingerprint density at radius 1 is 1.31 bits per heavy atom. The van der Waals surface area contributed by atoms with Gasteiger partial charge in [0.05, 0.1) is 0 Å². The molecule has 2 nitrogen and oxygen atoms in total. The van der Waals surface area contributed by atoms with Crippen molar-refractivity contribution in [1.82, 2.24) is 10.2 Å². The van der Waals surface area contributed by atoms with Crippen molar-refractivity contribution in [2.75, 3.05) is 26.2 Å². The lowest BCUT2D eigenvalue weighted by Gasteiger charge is -2.33. The largest absolute Gasteiger partial charge is 0.314 e. The Kier molecular flexibility index (Phi) is 3.85. The second kappa shape index (κ2) is 5.17. The van der Waals surface area contributed by atoms with Crippen molar-refractivity contribution in [1.29, 1.82) is 0 Å². The van der Waals surface area contributed by atoms with Gasteiger partial charge in [-0.2, -0.15) is 0 Å². The lowest BCUT2D eigenvalue weighted by atomic mass is 10.0. The van der Waals surface area contributed by atoms with Crippen LogP contribution in [0.4, 0.5) is 0 Å². The van der Waals surface area contributed by atoms with Crippen LogP contribution in [0.2, 0.25) is 5.02 Å². The summed E-state index contributed by atoms with van der Waals surface area (Å²) in [7, 11) is 0. The van der Waals surface area contributed by atoms with Crippen LogP contribution in [0.3, 0.4) is 0 Å². The molecule has 0 radical (unpaired) electrons. The van der Waals surface area contributed by atoms with Gasteiger partial charge in [0, 0.05) is 37.2 Å². The zero-order valence-electron chi connectivity index (χ0n) is 9.96. The number of hydrogen-bond acceptors (Lipinski definition) is 2. The molecule has 0 saturated carbocycles. The average molecular weight is 239 g/mol. The Bertz CT molecular complexity index is 359. The van der Waals surface area contributed by atoms with Gasteiger partial charge in [0.25, 0.3) is 0 Å². The highest BCUT2D eigenvalue weighted by Crippen LogP contribution is 2.26. The van der Waals surface area contributed by atoms with Crippen LogP contribution >= 0.6 is 11.6 Å². The number of hydrogen-bond donors (Lipinski definition) is 1. The number of nitrogens with one attached hydrogen (secondary N) is 1. The van der Waals surface area contributed by atoms with Crippen molar-refractivity contribution in [2.45, 2.75) is 19.9 Å². The minimum Gasteiger partial charge on any atom is -0.314 e. The molecule has 0 bridgehead atoms. The third-order valence-electron chi connectivity index (χ3n) is 3.39. The summed E-state index contributed by atoms with van der Waals surface area (Å²) in [4.78, 5) is 2.51. The number of rotatable bonds is 2. The van der Waals surface area contributed by atoms with Crippen LogP contribution in [0.1, 0.15) is 24.1 Å². The summed E-state index contributed by atoms with van der Waals surface area (Å²) in [6, 6.07) is 6.63. The molecule has 16 heavy (non-hydrogen) atoms. The van der Waals surface area contributed by atoms with Gasteiger partial charge in [0.15, 0.2) is 0 Å². The SMILES string of the molecule is Cc1ccc(Cl)cc1C(C)N1CCNCC1. The van der Waals surface area contributed by atoms with E-state index < -0.39 is 0 Å². The molecule has 1 aliphatic heterocycles. The molecule has 0 aliphatic carbocycles. The van der Waals surface area contributed by atoms with Crippen LogP contribution < -0.4 is 5.32 Å². The van der Waals surface area contributed by atoms with Crippen LogP contribution in [0.15, 0.2) is 18.2 Å². The molecular formula is C13H19ClN2. The van der Waals surface area contributed by atoms with Crippen molar-refractivity contribution in [3.63, 3.8) is 0 Å². The number of nitrogens with zero attached hydrogens (tertiary/aromatic N) is 1. The molecule has 0 amide bonds. The predicted octanol–water partition coefficient (Wildman–Crippen LogP) is 2.61. The van der Waals surface area contributed by atoms with Gasteiger partial charge in [0.2, 0.25) is 0 Å². The first-order valence-electron chi connectivity index (χ1n) is 5.89. The molecule has 0 spiro atoms. The van der Waals surface area contributed by atoms with Crippen LogP contribution in [-0.4, -0.2) is 31.1 Å². The quantitative estimate of drug-likeness (QED) is 0.852. The molecule has 1 atom stereocenters. The molecule has 2 rings (SSSR count). The van der Waals surface area contributed by atoms with E-state index in [1.165, 1.54) is 11.1 Å². The lowest BCUT2D eigenvalue weighted by molar-refractivity contribution is 0.185. The van der Waals surface area contributed by atoms with Crippen molar-refractivity contribution >= 4 is 11.6 Å². The zero-order chi connectivity index (χ0) is 11.5. The molecule has 0 aromatic heterocycles. The van der Waals surface area contributed by atoms with Crippen molar-refractivity contribution < 1.29 is 0 Å². The van der Waals surface area contributed by atoms with E-state index in [2.05, 4.69) is 36.2 Å². The summed E-state index contributed by atoms with van der Waals surface area (Å²) >= 11 is 6.07. The van der Waals surface area contributed by atoms with E-state index in [1.807, 2.05) is 6.07 Å². The minimum atomic E-state index is 0.459. The topological polar surface area (TPSA) is 15.3 Å². The zero-order valence-corrected chi connectivity index (χ0v) is 10.7. The summed E-state index contributed by atoms with van der Waals surface area (Å²) in [5.41, 5.74) is 2.69. The monoisotopic (exact) mass is 238 g/mol. The maximum absolute atomic E-state index is 6.07. The standard InChI is InChI=1S/C13H19ClN2/c1-10-3-4-12(14)9-13(10)11(2)16-7-5-15-6-8-16/h3-4,9,11,15H,5-8H2,1-2H3. The molecule has 1 fully saturated rings. The third kappa shape index (κ3) is 2.57. The van der Waals surface area contributed by atoms with E-state index in [9.17, 15) is 0 Å². The Morgan fingerprint density at radius 2 is 2.00 bits per heavy atom. The second-order valence-corrected chi connectivity index (χ2v) is 4.90. The van der Waals surface area contributed by atoms with E-state index in [4.69, 9.17) is 11.6 Å². The summed E-state index contributed by atoms with van der Waals surface area (Å²) in [5, 5.41) is 4.22. The third-order valence-corrected chi connectivity index (χ3v) is 3.63. The second-order valence-electron chi connectivity index (χ2n) is 4.46. The molecular weight excluding hydrogens is 220 g/mol. The fraction of sp³-hybridized carbons (Fsp3) is 0.538. The van der Waals surface area contributed by atoms with E-state index in [0.29, 0.717) is 6.04 Å². The highest BCUT2D eigenvalue weighted by molar-refractivity contribution is 6.30. The molecule has 88 valence electrons. The highest BCUT2D eigenvalue weighted by Gasteiger charge is 2.19. The van der Waals surface area contributed by atoms with Crippen molar-refractivity contribution in [3.05, 3.63) is 34.3 Å². The molecule has 1 N–H and O–H groups in total. The van der Waals surface area contributed by atoms with Crippen LogP contribution in [0, 0.1) is 6.92 Å². The maximum Gasteiger partial charge on any atom is 0.0409 e. The van der Waals surface area contributed by atoms with Crippen LogP contribution in [0.5, 0.6) is 0 Å². The Hall–Kier alpha value is -0.570. The molecule has 1 heterocycles. The smallest absolute Gasteiger partial charge is 0.0409 e. The summed E-state index contributed by atoms with van der Waals surface area (Å²) in [6.45, 7) is 8.84. The number of halogens is 1. The summed E-state index contributed by atoms with van der Waals surface area (Å²) < 4.78 is 0. The van der Waals surface area contributed by atoms with Gasteiger partial charge < -0.3 is 5.32 Å². The number of piperazine rings is 1. The predicted molar refractivity (Wildman–Crippen MR) is 69.0 cm³/mol. The molecule has 1 aromatic carbocycles. The first-order chi connectivity index (χ1) is 7.68. The van der Waals surface area contributed by atoms with Gasteiger partial charge in [-0.3, -0.25) is 4.90 Å². The summed E-state index contributed by atoms with van der Waals surface area (Å²) in [6.07, 6.45) is 0. The van der Waals surface area contributed by atoms with Gasteiger partial charge in [-0.1, -0.05) is 17.7 Å². The fourth-order valence-corrected chi connectivity index (χ4v) is 2.51. The van der Waals surface area contributed by atoms with Gasteiger partial charge in [-0.25, -0.2) is 0 Å². The van der Waals surface area contributed by atoms with E-state index >= 15 is 0 Å². The molecule has 1 unspecified atom stereocenters. The normalized spacial score (nSPS) is 19.7. The lowest BCUT2D eigenvalue weighted by Crippen LogP contribution is -2.44. The van der Waals surface area contributed by atoms with Crippen molar-refractivity contribution in [2.24, 2.45) is 0 Å². The van der Waals surface area contributed by atoms with Crippen molar-refractivity contribution in [3.8, 4) is 0 Å². The minimum absolute atomic E-state index is 0.459. The molecule has 1 aromatic rings. The van der Waals surface area contributed by atoms with Gasteiger partial charge in [-0.05, 0) is 37.1 Å². The summed E-state index contributed by atoms with van der Waals surface area (Å²) in [5.74, 6) is 0. The number of benzene rings is 1. The van der Waals surface area contributed by atoms with E-state index in [1.54, 1.807) is 0 Å². The average Bonchev–Trinajstić information content (AvgIpc) is 2.32. The van der Waals surface area contributed by atoms with Gasteiger partial charge >= 0.3 is 0 Å². The van der Waals surface area contributed by atoms with Gasteiger partial charge in [-0.15, -0.1) is 0 Å². The van der Waals surface area contributed by atoms with E-state index in [-0.39, 0.29) is 0 Å². The molecule has 3 heteroatoms.